The Labute approximate surface area is 104 Å². The molecule has 1 aromatic heterocycles. The Morgan fingerprint density at radius 1 is 1.22 bits per heavy atom. The van der Waals surface area contributed by atoms with E-state index in [0.717, 1.165) is 0 Å². The summed E-state index contributed by atoms with van der Waals surface area (Å²) in [5.74, 6) is -0.285. The van der Waals surface area contributed by atoms with E-state index in [1.807, 2.05) is 0 Å². The van der Waals surface area contributed by atoms with E-state index in [9.17, 15) is 9.59 Å². The first-order chi connectivity index (χ1) is 8.56. The van der Waals surface area contributed by atoms with Crippen LogP contribution in [0, 0.1) is 0 Å². The van der Waals surface area contributed by atoms with Gasteiger partial charge in [-0.1, -0.05) is 0 Å². The number of aromatic amines is 1. The first-order valence-corrected chi connectivity index (χ1v) is 5.42. The van der Waals surface area contributed by atoms with E-state index in [1.54, 1.807) is 36.5 Å². The van der Waals surface area contributed by atoms with Gasteiger partial charge in [0.25, 0.3) is 5.91 Å². The van der Waals surface area contributed by atoms with Gasteiger partial charge in [0, 0.05) is 23.1 Å². The summed E-state index contributed by atoms with van der Waals surface area (Å²) >= 11 is 0. The minimum atomic E-state index is -0.276. The van der Waals surface area contributed by atoms with E-state index in [1.165, 1.54) is 6.92 Å². The molecule has 2 aromatic rings. The molecule has 0 spiro atoms. The third-order valence-electron chi connectivity index (χ3n) is 2.50. The van der Waals surface area contributed by atoms with Crippen molar-refractivity contribution >= 4 is 23.1 Å². The van der Waals surface area contributed by atoms with Crippen molar-refractivity contribution in [3.05, 3.63) is 47.8 Å². The van der Waals surface area contributed by atoms with Crippen molar-refractivity contribution in [1.29, 1.82) is 0 Å². The van der Waals surface area contributed by atoms with Gasteiger partial charge in [-0.2, -0.15) is 0 Å². The topological polar surface area (TPSA) is 88.0 Å². The zero-order valence-corrected chi connectivity index (χ0v) is 9.86. The number of carbonyl (C=O) groups is 2. The second kappa shape index (κ2) is 4.75. The summed E-state index contributed by atoms with van der Waals surface area (Å²) in [7, 11) is 0. The molecule has 0 saturated heterocycles. The summed E-state index contributed by atoms with van der Waals surface area (Å²) in [5, 5.41) is 2.70. The summed E-state index contributed by atoms with van der Waals surface area (Å²) in [6, 6.07) is 8.25. The highest BCUT2D eigenvalue weighted by Gasteiger charge is 2.08. The number of anilines is 2. The molecule has 5 heteroatoms. The van der Waals surface area contributed by atoms with Crippen molar-refractivity contribution in [3.8, 4) is 0 Å². The number of hydrogen-bond donors (Lipinski definition) is 3. The third-order valence-corrected chi connectivity index (χ3v) is 2.50. The smallest absolute Gasteiger partial charge is 0.272 e. The molecule has 0 atom stereocenters. The van der Waals surface area contributed by atoms with Gasteiger partial charge in [-0.3, -0.25) is 9.59 Å². The zero-order chi connectivity index (χ0) is 13.1. The number of nitrogens with two attached hydrogens (primary N) is 1. The van der Waals surface area contributed by atoms with E-state index < -0.39 is 0 Å². The van der Waals surface area contributed by atoms with E-state index in [4.69, 9.17) is 5.73 Å². The Kier molecular flexibility index (Phi) is 3.14. The molecule has 0 fully saturated rings. The number of nitrogens with one attached hydrogen (secondary N) is 2. The summed E-state index contributed by atoms with van der Waals surface area (Å²) < 4.78 is 0. The summed E-state index contributed by atoms with van der Waals surface area (Å²) in [5.41, 5.74) is 7.64. The summed E-state index contributed by atoms with van der Waals surface area (Å²) in [6.07, 6.45) is 1.55. The van der Waals surface area contributed by atoms with Gasteiger partial charge in [0.1, 0.15) is 5.69 Å². The van der Waals surface area contributed by atoms with Gasteiger partial charge in [0.05, 0.1) is 0 Å². The van der Waals surface area contributed by atoms with E-state index in [2.05, 4.69) is 10.3 Å². The van der Waals surface area contributed by atoms with Crippen LogP contribution in [0.3, 0.4) is 0 Å². The molecule has 1 amide bonds. The lowest BCUT2D eigenvalue weighted by Crippen LogP contribution is -2.12. The predicted octanol–water partition coefficient (Wildman–Crippen LogP) is 2.05. The summed E-state index contributed by atoms with van der Waals surface area (Å²) in [6.45, 7) is 1.50. The number of H-pyrrole nitrogens is 1. The molecule has 0 bridgehead atoms. The Balaban J connectivity index is 2.10. The zero-order valence-electron chi connectivity index (χ0n) is 9.86. The number of Topliss-reactive ketones (excluding diaryl/α,β-unsaturated/α-hetero) is 1. The van der Waals surface area contributed by atoms with Gasteiger partial charge in [-0.05, 0) is 37.3 Å². The summed E-state index contributed by atoms with van der Waals surface area (Å²) in [4.78, 5) is 25.6. The molecule has 0 unspecified atom stereocenters. The maximum atomic E-state index is 11.8. The number of aromatic nitrogens is 1. The number of ketones is 1. The van der Waals surface area contributed by atoms with Crippen LogP contribution in [0.5, 0.6) is 0 Å². The van der Waals surface area contributed by atoms with Gasteiger partial charge >= 0.3 is 0 Å². The lowest BCUT2D eigenvalue weighted by atomic mass is 10.1. The number of hydrogen-bond acceptors (Lipinski definition) is 3. The largest absolute Gasteiger partial charge is 0.397 e. The van der Waals surface area contributed by atoms with Crippen LogP contribution in [0.25, 0.3) is 0 Å². The van der Waals surface area contributed by atoms with Gasteiger partial charge in [-0.15, -0.1) is 0 Å². The molecule has 1 heterocycles. The quantitative estimate of drug-likeness (QED) is 0.721. The number of carbonyl (C=O) groups excluding carboxylic acids is 2. The van der Waals surface area contributed by atoms with Gasteiger partial charge < -0.3 is 16.0 Å². The Hall–Kier alpha value is -2.56. The van der Waals surface area contributed by atoms with Crippen LogP contribution in [0.15, 0.2) is 36.5 Å². The molecule has 0 radical (unpaired) electrons. The number of rotatable bonds is 3. The molecular weight excluding hydrogens is 230 g/mol. The number of benzene rings is 1. The molecule has 92 valence electrons. The Bertz CT molecular complexity index is 585. The third kappa shape index (κ3) is 2.57. The standard InChI is InChI=1S/C13H13N3O2/c1-8(17)9-2-4-11(5-3-9)16-13(18)12-6-10(14)7-15-12/h2-7,15H,14H2,1H3,(H,16,18). The fourth-order valence-electron chi connectivity index (χ4n) is 1.53. The van der Waals surface area contributed by atoms with E-state index >= 15 is 0 Å². The molecule has 0 aliphatic carbocycles. The van der Waals surface area contributed by atoms with Crippen molar-refractivity contribution in [2.75, 3.05) is 11.1 Å². The number of nitrogen functional groups attached to an aromatic ring is 1. The van der Waals surface area contributed by atoms with Crippen LogP contribution < -0.4 is 11.1 Å². The molecule has 0 aliphatic rings. The van der Waals surface area contributed by atoms with Crippen LogP contribution in [0.4, 0.5) is 11.4 Å². The van der Waals surface area contributed by atoms with Crippen LogP contribution in [-0.2, 0) is 0 Å². The van der Waals surface area contributed by atoms with Gasteiger partial charge in [0.2, 0.25) is 0 Å². The van der Waals surface area contributed by atoms with E-state index in [0.29, 0.717) is 22.6 Å². The normalized spacial score (nSPS) is 10.1. The molecule has 4 N–H and O–H groups in total. The average Bonchev–Trinajstić information content (AvgIpc) is 2.76. The minimum Gasteiger partial charge on any atom is -0.397 e. The van der Waals surface area contributed by atoms with Crippen LogP contribution in [0.2, 0.25) is 0 Å². The molecule has 1 aromatic carbocycles. The highest BCUT2D eigenvalue weighted by molar-refractivity contribution is 6.03. The molecule has 0 saturated carbocycles. The average molecular weight is 243 g/mol. The predicted molar refractivity (Wildman–Crippen MR) is 69.6 cm³/mol. The molecule has 0 aliphatic heterocycles. The highest BCUT2D eigenvalue weighted by Crippen LogP contribution is 2.12. The van der Waals surface area contributed by atoms with E-state index in [-0.39, 0.29) is 11.7 Å². The lowest BCUT2D eigenvalue weighted by Gasteiger charge is -2.04. The second-order valence-corrected chi connectivity index (χ2v) is 3.93. The SMILES string of the molecule is CC(=O)c1ccc(NC(=O)c2cc(N)c[nH]2)cc1. The van der Waals surface area contributed by atoms with Crippen molar-refractivity contribution in [1.82, 2.24) is 4.98 Å². The van der Waals surface area contributed by atoms with Gasteiger partial charge in [-0.25, -0.2) is 0 Å². The van der Waals surface area contributed by atoms with Crippen LogP contribution in [0.1, 0.15) is 27.8 Å². The maximum absolute atomic E-state index is 11.8. The molecule has 5 nitrogen and oxygen atoms in total. The first-order valence-electron chi connectivity index (χ1n) is 5.42. The Morgan fingerprint density at radius 2 is 1.89 bits per heavy atom. The Morgan fingerprint density at radius 3 is 2.39 bits per heavy atom. The van der Waals surface area contributed by atoms with Crippen molar-refractivity contribution in [2.45, 2.75) is 6.92 Å². The fraction of sp³-hybridized carbons (Fsp3) is 0.0769. The van der Waals surface area contributed by atoms with Crippen LogP contribution in [-0.4, -0.2) is 16.7 Å². The molecule has 2 rings (SSSR count). The van der Waals surface area contributed by atoms with Crippen molar-refractivity contribution in [3.63, 3.8) is 0 Å². The maximum Gasteiger partial charge on any atom is 0.272 e. The van der Waals surface area contributed by atoms with Crippen molar-refractivity contribution in [2.24, 2.45) is 0 Å². The van der Waals surface area contributed by atoms with Crippen molar-refractivity contribution < 1.29 is 9.59 Å². The second-order valence-electron chi connectivity index (χ2n) is 3.93. The lowest BCUT2D eigenvalue weighted by molar-refractivity contribution is 0.101. The first kappa shape index (κ1) is 11.9. The molecular formula is C13H13N3O2. The van der Waals surface area contributed by atoms with Crippen LogP contribution >= 0.6 is 0 Å². The number of amides is 1. The molecule has 18 heavy (non-hydrogen) atoms. The highest BCUT2D eigenvalue weighted by atomic mass is 16.2. The van der Waals surface area contributed by atoms with Gasteiger partial charge in [0.15, 0.2) is 5.78 Å². The minimum absolute atomic E-state index is 0.00924. The monoisotopic (exact) mass is 243 g/mol. The fourth-order valence-corrected chi connectivity index (χ4v) is 1.53.